The van der Waals surface area contributed by atoms with Crippen molar-refractivity contribution in [2.75, 3.05) is 0 Å². The van der Waals surface area contributed by atoms with Crippen LogP contribution in [0.5, 0.6) is 5.75 Å². The molecule has 0 radical (unpaired) electrons. The molecule has 0 unspecified atom stereocenters. The standard InChI is InChI=1S/C22H27NO2/c1-4-21(25-18-13-15(2)12-16(3)14-18)22(24)23-20-11-7-9-17-8-5-6-10-19(17)20/h5-6,8,10,12-14,20-21H,4,7,9,11H2,1-3H3,(H,23,24)/t20-,21+/m0/s1. The van der Waals surface area contributed by atoms with E-state index >= 15 is 0 Å². The Morgan fingerprint density at radius 2 is 1.92 bits per heavy atom. The van der Waals surface area contributed by atoms with E-state index in [0.29, 0.717) is 6.42 Å². The van der Waals surface area contributed by atoms with E-state index in [0.717, 1.165) is 36.1 Å². The largest absolute Gasteiger partial charge is 0.481 e. The molecule has 132 valence electrons. The number of ether oxygens (including phenoxy) is 1. The van der Waals surface area contributed by atoms with Gasteiger partial charge in [0.15, 0.2) is 6.10 Å². The molecule has 0 spiro atoms. The summed E-state index contributed by atoms with van der Waals surface area (Å²) >= 11 is 0. The Hall–Kier alpha value is -2.29. The minimum Gasteiger partial charge on any atom is -0.481 e. The molecular formula is C22H27NO2. The number of aryl methyl sites for hydroxylation is 3. The van der Waals surface area contributed by atoms with E-state index in [1.165, 1.54) is 11.1 Å². The van der Waals surface area contributed by atoms with Crippen LogP contribution < -0.4 is 10.1 Å². The molecule has 0 aromatic heterocycles. The SMILES string of the molecule is CC[C@@H](Oc1cc(C)cc(C)c1)C(=O)N[C@H]1CCCc2ccccc21. The zero-order valence-electron chi connectivity index (χ0n) is 15.3. The molecule has 3 rings (SSSR count). The van der Waals surface area contributed by atoms with Crippen LogP contribution in [0.25, 0.3) is 0 Å². The Bertz CT molecular complexity index is 733. The molecule has 3 heteroatoms. The molecule has 1 aliphatic rings. The van der Waals surface area contributed by atoms with Gasteiger partial charge >= 0.3 is 0 Å². The second-order valence-corrected chi connectivity index (χ2v) is 6.99. The van der Waals surface area contributed by atoms with Gasteiger partial charge < -0.3 is 10.1 Å². The number of hydrogen-bond acceptors (Lipinski definition) is 2. The average Bonchev–Trinajstić information content (AvgIpc) is 2.59. The summed E-state index contributed by atoms with van der Waals surface area (Å²) in [6.45, 7) is 6.07. The fraction of sp³-hybridized carbons (Fsp3) is 0.409. The van der Waals surface area contributed by atoms with Crippen molar-refractivity contribution in [2.24, 2.45) is 0 Å². The van der Waals surface area contributed by atoms with Crippen molar-refractivity contribution in [3.8, 4) is 5.75 Å². The molecule has 0 bridgehead atoms. The Morgan fingerprint density at radius 1 is 1.20 bits per heavy atom. The number of rotatable bonds is 5. The van der Waals surface area contributed by atoms with Gasteiger partial charge in [0.25, 0.3) is 5.91 Å². The fourth-order valence-corrected chi connectivity index (χ4v) is 3.66. The third kappa shape index (κ3) is 4.22. The minimum absolute atomic E-state index is 0.0247. The summed E-state index contributed by atoms with van der Waals surface area (Å²) in [5.74, 6) is 0.743. The Labute approximate surface area is 150 Å². The van der Waals surface area contributed by atoms with Crippen molar-refractivity contribution in [3.05, 3.63) is 64.7 Å². The average molecular weight is 337 g/mol. The number of hydrogen-bond donors (Lipinski definition) is 1. The van der Waals surface area contributed by atoms with Gasteiger partial charge in [-0.3, -0.25) is 4.79 Å². The summed E-state index contributed by atoms with van der Waals surface area (Å²) in [5, 5.41) is 3.21. The van der Waals surface area contributed by atoms with Crippen LogP contribution >= 0.6 is 0 Å². The number of amides is 1. The molecule has 2 atom stereocenters. The highest BCUT2D eigenvalue weighted by molar-refractivity contribution is 5.81. The van der Waals surface area contributed by atoms with Gasteiger partial charge in [0.2, 0.25) is 0 Å². The lowest BCUT2D eigenvalue weighted by molar-refractivity contribution is -0.129. The van der Waals surface area contributed by atoms with Crippen LogP contribution in [0.4, 0.5) is 0 Å². The second-order valence-electron chi connectivity index (χ2n) is 6.99. The first-order valence-corrected chi connectivity index (χ1v) is 9.20. The lowest BCUT2D eigenvalue weighted by Crippen LogP contribution is -2.41. The molecule has 1 amide bonds. The number of carbonyl (C=O) groups is 1. The van der Waals surface area contributed by atoms with Gasteiger partial charge in [0.05, 0.1) is 6.04 Å². The molecule has 1 N–H and O–H groups in total. The van der Waals surface area contributed by atoms with Crippen LogP contribution in [0.2, 0.25) is 0 Å². The van der Waals surface area contributed by atoms with Crippen LogP contribution in [-0.2, 0) is 11.2 Å². The van der Waals surface area contributed by atoms with Gasteiger partial charge in [-0.05, 0) is 73.9 Å². The smallest absolute Gasteiger partial charge is 0.261 e. The number of nitrogens with one attached hydrogen (secondary N) is 1. The minimum atomic E-state index is -0.463. The topological polar surface area (TPSA) is 38.3 Å². The predicted molar refractivity (Wildman–Crippen MR) is 101 cm³/mol. The predicted octanol–water partition coefficient (Wildman–Crippen LogP) is 4.65. The fourth-order valence-electron chi connectivity index (χ4n) is 3.66. The van der Waals surface area contributed by atoms with Crippen molar-refractivity contribution in [2.45, 2.75) is 58.6 Å². The highest BCUT2D eigenvalue weighted by Crippen LogP contribution is 2.29. The Morgan fingerprint density at radius 3 is 2.64 bits per heavy atom. The van der Waals surface area contributed by atoms with Crippen LogP contribution in [0, 0.1) is 13.8 Å². The zero-order valence-corrected chi connectivity index (χ0v) is 15.3. The highest BCUT2D eigenvalue weighted by Gasteiger charge is 2.25. The molecule has 0 heterocycles. The molecule has 0 saturated carbocycles. The first-order chi connectivity index (χ1) is 12.1. The molecule has 0 fully saturated rings. The van der Waals surface area contributed by atoms with Gasteiger partial charge in [-0.1, -0.05) is 37.3 Å². The van der Waals surface area contributed by atoms with E-state index < -0.39 is 6.10 Å². The molecule has 0 saturated heterocycles. The summed E-state index contributed by atoms with van der Waals surface area (Å²) in [5.41, 5.74) is 4.89. The van der Waals surface area contributed by atoms with Gasteiger partial charge in [-0.15, -0.1) is 0 Å². The van der Waals surface area contributed by atoms with Crippen LogP contribution in [0.1, 0.15) is 54.5 Å². The third-order valence-corrected chi connectivity index (χ3v) is 4.82. The molecule has 0 aliphatic heterocycles. The lowest BCUT2D eigenvalue weighted by Gasteiger charge is -2.28. The summed E-state index contributed by atoms with van der Waals surface area (Å²) in [4.78, 5) is 12.8. The van der Waals surface area contributed by atoms with E-state index in [1.54, 1.807) is 0 Å². The highest BCUT2D eigenvalue weighted by atomic mass is 16.5. The third-order valence-electron chi connectivity index (χ3n) is 4.82. The Kier molecular flexibility index (Phi) is 5.42. The second kappa shape index (κ2) is 7.73. The monoisotopic (exact) mass is 337 g/mol. The number of carbonyl (C=O) groups excluding carboxylic acids is 1. The van der Waals surface area contributed by atoms with Crippen molar-refractivity contribution in [3.63, 3.8) is 0 Å². The van der Waals surface area contributed by atoms with Crippen LogP contribution in [-0.4, -0.2) is 12.0 Å². The van der Waals surface area contributed by atoms with Gasteiger partial charge in [-0.25, -0.2) is 0 Å². The van der Waals surface area contributed by atoms with E-state index in [9.17, 15) is 4.79 Å². The van der Waals surface area contributed by atoms with Gasteiger partial charge in [-0.2, -0.15) is 0 Å². The first-order valence-electron chi connectivity index (χ1n) is 9.20. The molecule has 2 aromatic carbocycles. The first kappa shape index (κ1) is 17.5. The van der Waals surface area contributed by atoms with E-state index in [1.807, 2.05) is 39.0 Å². The maximum absolute atomic E-state index is 12.8. The summed E-state index contributed by atoms with van der Waals surface area (Å²) < 4.78 is 6.00. The van der Waals surface area contributed by atoms with Crippen molar-refractivity contribution in [1.82, 2.24) is 5.32 Å². The van der Waals surface area contributed by atoms with Crippen molar-refractivity contribution in [1.29, 1.82) is 0 Å². The van der Waals surface area contributed by atoms with E-state index in [-0.39, 0.29) is 11.9 Å². The van der Waals surface area contributed by atoms with Crippen molar-refractivity contribution < 1.29 is 9.53 Å². The Balaban J connectivity index is 1.71. The van der Waals surface area contributed by atoms with Crippen LogP contribution in [0.3, 0.4) is 0 Å². The number of benzene rings is 2. The summed E-state index contributed by atoms with van der Waals surface area (Å²) in [6, 6.07) is 14.6. The maximum atomic E-state index is 12.8. The normalized spacial score (nSPS) is 17.5. The van der Waals surface area contributed by atoms with Crippen molar-refractivity contribution >= 4 is 5.91 Å². The molecule has 2 aromatic rings. The van der Waals surface area contributed by atoms with Gasteiger partial charge in [0, 0.05) is 0 Å². The molecule has 25 heavy (non-hydrogen) atoms. The quantitative estimate of drug-likeness (QED) is 0.862. The van der Waals surface area contributed by atoms with Gasteiger partial charge in [0.1, 0.15) is 5.75 Å². The maximum Gasteiger partial charge on any atom is 0.261 e. The zero-order chi connectivity index (χ0) is 17.8. The molecule has 1 aliphatic carbocycles. The lowest BCUT2D eigenvalue weighted by atomic mass is 9.87. The summed E-state index contributed by atoms with van der Waals surface area (Å²) in [7, 11) is 0. The number of fused-ring (bicyclic) bond motifs is 1. The van der Waals surface area contributed by atoms with E-state index in [4.69, 9.17) is 4.74 Å². The van der Waals surface area contributed by atoms with E-state index in [2.05, 4.69) is 29.6 Å². The van der Waals surface area contributed by atoms with Crippen LogP contribution in [0.15, 0.2) is 42.5 Å². The molecular weight excluding hydrogens is 310 g/mol. The molecule has 3 nitrogen and oxygen atoms in total. The summed E-state index contributed by atoms with van der Waals surface area (Å²) in [6.07, 6.45) is 3.38.